The molecule has 1 fully saturated rings. The van der Waals surface area contributed by atoms with E-state index in [9.17, 15) is 9.59 Å². The Balaban J connectivity index is 1.53. The van der Waals surface area contributed by atoms with Crippen LogP contribution < -0.4 is 21.0 Å². The topological polar surface area (TPSA) is 93.7 Å². The van der Waals surface area contributed by atoms with Crippen molar-refractivity contribution in [3.05, 3.63) is 93.8 Å². The van der Waals surface area contributed by atoms with Crippen molar-refractivity contribution in [2.45, 2.75) is 32.4 Å². The molecule has 6 rings (SSSR count). The second kappa shape index (κ2) is 9.95. The summed E-state index contributed by atoms with van der Waals surface area (Å²) in [5, 5.41) is 0.444. The number of pyridine rings is 2. The first kappa shape index (κ1) is 24.2. The van der Waals surface area contributed by atoms with Crippen molar-refractivity contribution in [3.63, 3.8) is 0 Å². The number of hydrogen-bond donors (Lipinski definition) is 1. The second-order valence-corrected chi connectivity index (χ2v) is 9.83. The molecule has 8 heteroatoms. The number of aromatic nitrogens is 2. The number of nitrogens with two attached hydrogens (primary N) is 1. The number of rotatable bonds is 6. The monoisotopic (exact) mass is 509 g/mol. The van der Waals surface area contributed by atoms with Crippen LogP contribution in [-0.4, -0.2) is 47.8 Å². The van der Waals surface area contributed by atoms with Gasteiger partial charge < -0.3 is 24.8 Å². The summed E-state index contributed by atoms with van der Waals surface area (Å²) >= 11 is 0. The first-order chi connectivity index (χ1) is 18.6. The Hall–Kier alpha value is -4.17. The quantitative estimate of drug-likeness (QED) is 0.426. The Morgan fingerprint density at radius 3 is 2.34 bits per heavy atom. The van der Waals surface area contributed by atoms with Crippen LogP contribution in [0.2, 0.25) is 0 Å². The molecule has 0 bridgehead atoms. The summed E-state index contributed by atoms with van der Waals surface area (Å²) in [7, 11) is 0. The molecule has 1 saturated heterocycles. The molecule has 0 saturated carbocycles. The predicted molar refractivity (Wildman–Crippen MR) is 149 cm³/mol. The fraction of sp³-hybridized carbons (Fsp3) is 0.300. The summed E-state index contributed by atoms with van der Waals surface area (Å²) in [5.41, 5.74) is 9.87. The molecule has 2 aromatic heterocycles. The van der Waals surface area contributed by atoms with E-state index in [1.807, 2.05) is 40.7 Å². The summed E-state index contributed by atoms with van der Waals surface area (Å²) in [5.74, 6) is 0.516. The number of anilines is 3. The lowest BCUT2D eigenvalue weighted by Gasteiger charge is -2.33. The average molecular weight is 510 g/mol. The van der Waals surface area contributed by atoms with Crippen LogP contribution in [0.4, 0.5) is 17.3 Å². The van der Waals surface area contributed by atoms with Gasteiger partial charge in [-0.15, -0.1) is 0 Å². The number of nitrogens with zero attached hydrogens (tertiary/aromatic N) is 4. The minimum atomic E-state index is -0.717. The Bertz CT molecular complexity index is 1530. The molecule has 0 atom stereocenters. The molecule has 2 aromatic carbocycles. The van der Waals surface area contributed by atoms with Crippen LogP contribution >= 0.6 is 0 Å². The first-order valence-corrected chi connectivity index (χ1v) is 13.2. The Kier molecular flexibility index (Phi) is 6.33. The zero-order chi connectivity index (χ0) is 26.2. The van der Waals surface area contributed by atoms with Gasteiger partial charge in [-0.3, -0.25) is 9.59 Å². The molecule has 8 nitrogen and oxygen atoms in total. The maximum atomic E-state index is 13.9. The maximum Gasteiger partial charge on any atom is 0.256 e. The van der Waals surface area contributed by atoms with Gasteiger partial charge in [-0.2, -0.15) is 0 Å². The van der Waals surface area contributed by atoms with Crippen molar-refractivity contribution in [1.29, 1.82) is 0 Å². The van der Waals surface area contributed by atoms with Crippen molar-refractivity contribution in [1.82, 2.24) is 9.55 Å². The highest BCUT2D eigenvalue weighted by molar-refractivity contribution is 6.02. The molecule has 0 unspecified atom stereocenters. The van der Waals surface area contributed by atoms with Crippen LogP contribution in [0.25, 0.3) is 10.9 Å². The molecular weight excluding hydrogens is 478 g/mol. The number of benzene rings is 2. The van der Waals surface area contributed by atoms with Gasteiger partial charge in [0, 0.05) is 31.4 Å². The lowest BCUT2D eigenvalue weighted by Crippen LogP contribution is -2.41. The number of amides is 1. The number of aryl methyl sites for hydroxylation is 1. The number of fused-ring (bicyclic) bond motifs is 2. The molecule has 1 amide bonds. The molecule has 4 aromatic rings. The number of carbonyl (C=O) groups excluding carboxylic acids is 1. The number of hydrogen-bond acceptors (Lipinski definition) is 6. The third kappa shape index (κ3) is 4.11. The van der Waals surface area contributed by atoms with E-state index in [0.29, 0.717) is 55.4 Å². The third-order valence-electron chi connectivity index (χ3n) is 7.66. The van der Waals surface area contributed by atoms with Crippen molar-refractivity contribution in [3.8, 4) is 0 Å². The van der Waals surface area contributed by atoms with Gasteiger partial charge in [0.2, 0.25) is 5.43 Å². The minimum absolute atomic E-state index is 0.0259. The molecule has 1 aliphatic carbocycles. The van der Waals surface area contributed by atoms with Crippen LogP contribution in [0.5, 0.6) is 0 Å². The lowest BCUT2D eigenvalue weighted by molar-refractivity contribution is 0.0996. The zero-order valence-electron chi connectivity index (χ0n) is 21.5. The minimum Gasteiger partial charge on any atom is -0.378 e. The van der Waals surface area contributed by atoms with E-state index in [-0.39, 0.29) is 17.0 Å². The van der Waals surface area contributed by atoms with Gasteiger partial charge in [0.1, 0.15) is 17.2 Å². The Morgan fingerprint density at radius 1 is 1.05 bits per heavy atom. The van der Waals surface area contributed by atoms with Crippen molar-refractivity contribution in [2.24, 2.45) is 5.73 Å². The van der Waals surface area contributed by atoms with E-state index >= 15 is 0 Å². The molecule has 38 heavy (non-hydrogen) atoms. The van der Waals surface area contributed by atoms with E-state index in [2.05, 4.69) is 41.3 Å². The van der Waals surface area contributed by atoms with Gasteiger partial charge in [0.15, 0.2) is 0 Å². The fourth-order valence-electron chi connectivity index (χ4n) is 5.93. The fourth-order valence-corrected chi connectivity index (χ4v) is 5.93. The molecule has 1 aliphatic heterocycles. The normalized spacial score (nSPS) is 15.6. The summed E-state index contributed by atoms with van der Waals surface area (Å²) in [6.45, 7) is 4.79. The largest absolute Gasteiger partial charge is 0.378 e. The number of morpholine rings is 1. The summed E-state index contributed by atoms with van der Waals surface area (Å²) in [4.78, 5) is 35.7. The smallest absolute Gasteiger partial charge is 0.256 e. The highest BCUT2D eigenvalue weighted by atomic mass is 16.5. The number of para-hydroxylation sites is 1. The molecular formula is C30H31N5O3. The molecule has 0 spiro atoms. The van der Waals surface area contributed by atoms with E-state index in [0.717, 1.165) is 18.5 Å². The molecule has 194 valence electrons. The zero-order valence-corrected chi connectivity index (χ0v) is 21.5. The highest BCUT2D eigenvalue weighted by Crippen LogP contribution is 2.35. The van der Waals surface area contributed by atoms with Crippen molar-refractivity contribution in [2.75, 3.05) is 36.1 Å². The van der Waals surface area contributed by atoms with Gasteiger partial charge in [-0.1, -0.05) is 42.5 Å². The molecule has 0 radical (unpaired) electrons. The second-order valence-electron chi connectivity index (χ2n) is 9.83. The summed E-state index contributed by atoms with van der Waals surface area (Å²) in [6.07, 6.45) is 3.53. The summed E-state index contributed by atoms with van der Waals surface area (Å²) < 4.78 is 7.49. The van der Waals surface area contributed by atoms with Crippen LogP contribution in [0.3, 0.4) is 0 Å². The van der Waals surface area contributed by atoms with Gasteiger partial charge in [-0.25, -0.2) is 4.98 Å². The van der Waals surface area contributed by atoms with Gasteiger partial charge in [-0.05, 0) is 49.1 Å². The number of ether oxygens (including phenoxy) is 1. The molecule has 2 N–H and O–H groups in total. The molecule has 3 heterocycles. The van der Waals surface area contributed by atoms with Crippen LogP contribution in [0.15, 0.2) is 71.7 Å². The molecule has 2 aliphatic rings. The van der Waals surface area contributed by atoms with Crippen molar-refractivity contribution < 1.29 is 9.53 Å². The van der Waals surface area contributed by atoms with E-state index in [1.165, 1.54) is 11.1 Å². The van der Waals surface area contributed by atoms with E-state index in [1.54, 1.807) is 6.20 Å². The summed E-state index contributed by atoms with van der Waals surface area (Å²) in [6, 6.07) is 20.6. The predicted octanol–water partition coefficient (Wildman–Crippen LogP) is 3.66. The SMILES string of the molecule is CCn1c(N2CCOCC2)c(C(N)=O)c(=O)c2cc(N(c3ccccc3)C3Cc4ccccc4C3)ncc21. The van der Waals surface area contributed by atoms with E-state index in [4.69, 9.17) is 15.5 Å². The van der Waals surface area contributed by atoms with Crippen LogP contribution in [0, 0.1) is 0 Å². The van der Waals surface area contributed by atoms with Crippen molar-refractivity contribution >= 4 is 34.1 Å². The number of primary amides is 1. The standard InChI is InChI=1S/C30H31N5O3/c1-2-34-25-19-32-26(18-24(25)28(36)27(29(31)37)30(34)33-12-14-38-15-13-33)35(22-10-4-3-5-11-22)23-16-20-8-6-7-9-21(20)17-23/h3-11,18-19,23H,2,12-17H2,1H3,(H2,31,37). The average Bonchev–Trinajstić information content (AvgIpc) is 3.37. The third-order valence-corrected chi connectivity index (χ3v) is 7.66. The Morgan fingerprint density at radius 2 is 1.71 bits per heavy atom. The first-order valence-electron chi connectivity index (χ1n) is 13.2. The van der Waals surface area contributed by atoms with Gasteiger partial charge in [0.25, 0.3) is 5.91 Å². The number of carbonyl (C=O) groups is 1. The van der Waals surface area contributed by atoms with E-state index < -0.39 is 5.91 Å². The van der Waals surface area contributed by atoms with Gasteiger partial charge in [0.05, 0.1) is 30.3 Å². The lowest BCUT2D eigenvalue weighted by atomic mass is 10.1. The van der Waals surface area contributed by atoms with Gasteiger partial charge >= 0.3 is 0 Å². The highest BCUT2D eigenvalue weighted by Gasteiger charge is 2.30. The van der Waals surface area contributed by atoms with Crippen LogP contribution in [0.1, 0.15) is 28.4 Å². The van der Waals surface area contributed by atoms with Crippen LogP contribution in [-0.2, 0) is 24.1 Å². The Labute approximate surface area is 221 Å². The maximum absolute atomic E-state index is 13.9.